The van der Waals surface area contributed by atoms with Gasteiger partial charge in [-0.3, -0.25) is 9.59 Å². The summed E-state index contributed by atoms with van der Waals surface area (Å²) in [5.41, 5.74) is -1.14. The van der Waals surface area contributed by atoms with Gasteiger partial charge in [-0.25, -0.2) is 0 Å². The highest BCUT2D eigenvalue weighted by Gasteiger charge is 2.58. The van der Waals surface area contributed by atoms with Gasteiger partial charge in [-0.15, -0.1) is 11.3 Å². The molecule has 1 heterocycles. The zero-order valence-electron chi connectivity index (χ0n) is 9.27. The van der Waals surface area contributed by atoms with Gasteiger partial charge in [0.05, 0.1) is 10.3 Å². The number of carboxylic acid groups (broad SMARTS) is 1. The molecule has 4 nitrogen and oxygen atoms in total. The number of carbonyl (C=O) groups is 2. The lowest BCUT2D eigenvalue weighted by atomic mass is 10.1. The van der Waals surface area contributed by atoms with Gasteiger partial charge in [0.2, 0.25) is 5.91 Å². The van der Waals surface area contributed by atoms with Crippen LogP contribution in [0.15, 0.2) is 15.9 Å². The first-order chi connectivity index (χ1) is 7.95. The zero-order valence-corrected chi connectivity index (χ0v) is 11.7. The van der Waals surface area contributed by atoms with Crippen molar-refractivity contribution < 1.29 is 14.7 Å². The lowest BCUT2D eigenvalue weighted by molar-refractivity contribution is -0.153. The third kappa shape index (κ3) is 2.37. The zero-order chi connectivity index (χ0) is 12.6. The van der Waals surface area contributed by atoms with Gasteiger partial charge in [-0.1, -0.05) is 0 Å². The molecule has 2 rings (SSSR count). The second kappa shape index (κ2) is 4.42. The number of hydrogen-bond donors (Lipinski definition) is 1. The SMILES string of the molecule is CN(Cc1ccc(Br)s1)C(=O)C1(C(=O)O)CC1. The predicted molar refractivity (Wildman–Crippen MR) is 67.8 cm³/mol. The van der Waals surface area contributed by atoms with Gasteiger partial charge in [0.15, 0.2) is 0 Å². The molecule has 1 aliphatic carbocycles. The van der Waals surface area contributed by atoms with E-state index in [2.05, 4.69) is 15.9 Å². The fourth-order valence-electron chi connectivity index (χ4n) is 1.75. The highest BCUT2D eigenvalue weighted by Crippen LogP contribution is 2.47. The van der Waals surface area contributed by atoms with Crippen LogP contribution in [-0.2, 0) is 16.1 Å². The van der Waals surface area contributed by atoms with E-state index in [1.54, 1.807) is 18.4 Å². The van der Waals surface area contributed by atoms with Crippen LogP contribution in [-0.4, -0.2) is 28.9 Å². The summed E-state index contributed by atoms with van der Waals surface area (Å²) < 4.78 is 1.01. The van der Waals surface area contributed by atoms with E-state index < -0.39 is 11.4 Å². The van der Waals surface area contributed by atoms with Crippen molar-refractivity contribution in [2.75, 3.05) is 7.05 Å². The quantitative estimate of drug-likeness (QED) is 0.867. The Hall–Kier alpha value is -0.880. The van der Waals surface area contributed by atoms with Crippen molar-refractivity contribution in [3.05, 3.63) is 20.8 Å². The van der Waals surface area contributed by atoms with Gasteiger partial charge in [0, 0.05) is 11.9 Å². The minimum atomic E-state index is -1.14. The van der Waals surface area contributed by atoms with Crippen molar-refractivity contribution in [1.29, 1.82) is 0 Å². The molecule has 0 radical (unpaired) electrons. The maximum atomic E-state index is 12.0. The van der Waals surface area contributed by atoms with Crippen molar-refractivity contribution >= 4 is 39.1 Å². The summed E-state index contributed by atoms with van der Waals surface area (Å²) in [6, 6.07) is 3.85. The van der Waals surface area contributed by atoms with Crippen LogP contribution in [0.1, 0.15) is 17.7 Å². The molecular weight excluding hydrogens is 306 g/mol. The largest absolute Gasteiger partial charge is 0.480 e. The first-order valence-electron chi connectivity index (χ1n) is 5.19. The molecule has 17 heavy (non-hydrogen) atoms. The second-order valence-electron chi connectivity index (χ2n) is 4.25. The highest BCUT2D eigenvalue weighted by atomic mass is 79.9. The Bertz CT molecular complexity index is 467. The number of carbonyl (C=O) groups excluding carboxylic acids is 1. The average Bonchev–Trinajstić information content (AvgIpc) is 2.98. The number of halogens is 1. The summed E-state index contributed by atoms with van der Waals surface area (Å²) in [5.74, 6) is -1.28. The molecule has 0 atom stereocenters. The van der Waals surface area contributed by atoms with E-state index in [1.165, 1.54) is 4.90 Å². The molecule has 1 aliphatic rings. The number of hydrogen-bond acceptors (Lipinski definition) is 3. The Labute approximate surface area is 111 Å². The maximum absolute atomic E-state index is 12.0. The molecule has 0 unspecified atom stereocenters. The van der Waals surface area contributed by atoms with Gasteiger partial charge >= 0.3 is 5.97 Å². The van der Waals surface area contributed by atoms with E-state index in [0.717, 1.165) is 8.66 Å². The molecule has 1 aromatic rings. The van der Waals surface area contributed by atoms with Crippen molar-refractivity contribution in [2.24, 2.45) is 5.41 Å². The van der Waals surface area contributed by atoms with E-state index in [1.807, 2.05) is 12.1 Å². The molecule has 0 aliphatic heterocycles. The summed E-state index contributed by atoms with van der Waals surface area (Å²) in [4.78, 5) is 25.6. The predicted octanol–water partition coefficient (Wildman–Crippen LogP) is 2.33. The van der Waals surface area contributed by atoms with Crippen LogP contribution >= 0.6 is 27.3 Å². The Balaban J connectivity index is 2.03. The smallest absolute Gasteiger partial charge is 0.319 e. The third-order valence-electron chi connectivity index (χ3n) is 2.94. The minimum Gasteiger partial charge on any atom is -0.480 e. The van der Waals surface area contributed by atoms with Gasteiger partial charge in [0.25, 0.3) is 0 Å². The monoisotopic (exact) mass is 317 g/mol. The molecular formula is C11H12BrNO3S. The number of aliphatic carboxylic acids is 1. The molecule has 1 saturated carbocycles. The molecule has 0 bridgehead atoms. The molecule has 0 aromatic carbocycles. The summed E-state index contributed by atoms with van der Waals surface area (Å²) in [6.07, 6.45) is 0.916. The summed E-state index contributed by atoms with van der Waals surface area (Å²) >= 11 is 4.90. The molecule has 1 N–H and O–H groups in total. The second-order valence-corrected chi connectivity index (χ2v) is 6.80. The molecule has 0 spiro atoms. The van der Waals surface area contributed by atoms with E-state index in [4.69, 9.17) is 5.11 Å². The summed E-state index contributed by atoms with van der Waals surface area (Å²) in [7, 11) is 1.65. The molecule has 1 aromatic heterocycles. The molecule has 6 heteroatoms. The average molecular weight is 318 g/mol. The normalized spacial score (nSPS) is 16.6. The number of carboxylic acids is 1. The van der Waals surface area contributed by atoms with E-state index >= 15 is 0 Å². The first kappa shape index (κ1) is 12.6. The number of thiophene rings is 1. The van der Waals surface area contributed by atoms with Crippen LogP contribution in [0.3, 0.4) is 0 Å². The van der Waals surface area contributed by atoms with Gasteiger partial charge in [-0.2, -0.15) is 0 Å². The number of nitrogens with zero attached hydrogens (tertiary/aromatic N) is 1. The fourth-order valence-corrected chi connectivity index (χ4v) is 3.29. The first-order valence-corrected chi connectivity index (χ1v) is 6.80. The van der Waals surface area contributed by atoms with E-state index in [9.17, 15) is 9.59 Å². The van der Waals surface area contributed by atoms with Crippen LogP contribution in [0, 0.1) is 5.41 Å². The maximum Gasteiger partial charge on any atom is 0.319 e. The van der Waals surface area contributed by atoms with Crippen LogP contribution in [0.25, 0.3) is 0 Å². The van der Waals surface area contributed by atoms with E-state index in [-0.39, 0.29) is 5.91 Å². The molecule has 92 valence electrons. The third-order valence-corrected chi connectivity index (χ3v) is 4.55. The Morgan fingerprint density at radius 3 is 2.59 bits per heavy atom. The molecule has 1 amide bonds. The highest BCUT2D eigenvalue weighted by molar-refractivity contribution is 9.11. The van der Waals surface area contributed by atoms with Crippen LogP contribution in [0.4, 0.5) is 0 Å². The lowest BCUT2D eigenvalue weighted by Crippen LogP contribution is -2.37. The number of rotatable bonds is 4. The van der Waals surface area contributed by atoms with Gasteiger partial charge in [0.1, 0.15) is 5.41 Å². The fraction of sp³-hybridized carbons (Fsp3) is 0.455. The topological polar surface area (TPSA) is 57.6 Å². The van der Waals surface area contributed by atoms with Gasteiger partial charge in [-0.05, 0) is 40.9 Å². The van der Waals surface area contributed by atoms with Crippen molar-refractivity contribution in [3.8, 4) is 0 Å². The minimum absolute atomic E-state index is 0.283. The Kier molecular flexibility index (Phi) is 3.27. The number of amides is 1. The van der Waals surface area contributed by atoms with Crippen molar-refractivity contribution in [3.63, 3.8) is 0 Å². The molecule has 1 fully saturated rings. The standard InChI is InChI=1S/C11H12BrNO3S/c1-13(6-7-2-3-8(12)17-7)9(14)11(4-5-11)10(15)16/h2-3H,4-6H2,1H3,(H,15,16). The Morgan fingerprint density at radius 1 is 1.53 bits per heavy atom. The van der Waals surface area contributed by atoms with Crippen LogP contribution in [0.5, 0.6) is 0 Å². The van der Waals surface area contributed by atoms with Crippen LogP contribution < -0.4 is 0 Å². The summed E-state index contributed by atoms with van der Waals surface area (Å²) in [5, 5.41) is 9.04. The van der Waals surface area contributed by atoms with E-state index in [0.29, 0.717) is 19.4 Å². The molecule has 0 saturated heterocycles. The lowest BCUT2D eigenvalue weighted by Gasteiger charge is -2.20. The van der Waals surface area contributed by atoms with Crippen LogP contribution in [0.2, 0.25) is 0 Å². The summed E-state index contributed by atoms with van der Waals surface area (Å²) in [6.45, 7) is 0.462. The Morgan fingerprint density at radius 2 is 2.18 bits per heavy atom. The van der Waals surface area contributed by atoms with Gasteiger partial charge < -0.3 is 10.0 Å². The van der Waals surface area contributed by atoms with Crippen molar-refractivity contribution in [2.45, 2.75) is 19.4 Å². The van der Waals surface area contributed by atoms with Crippen molar-refractivity contribution in [1.82, 2.24) is 4.90 Å².